The summed E-state index contributed by atoms with van der Waals surface area (Å²) in [6, 6.07) is 0. The SMILES string of the molecule is CCCCNCCCN(C(=O)O)C(=O)OC(C)(C)C. The van der Waals surface area contributed by atoms with E-state index in [1.165, 1.54) is 0 Å². The van der Waals surface area contributed by atoms with Crippen LogP contribution in [-0.2, 0) is 4.74 Å². The molecular formula is C13H26N2O4. The number of carbonyl (C=O) groups is 2. The summed E-state index contributed by atoms with van der Waals surface area (Å²) in [7, 11) is 0. The van der Waals surface area contributed by atoms with Crippen molar-refractivity contribution < 1.29 is 19.4 Å². The number of hydrogen-bond acceptors (Lipinski definition) is 4. The van der Waals surface area contributed by atoms with Crippen molar-refractivity contribution >= 4 is 12.2 Å². The number of nitrogens with one attached hydrogen (secondary N) is 1. The molecule has 0 aliphatic rings. The van der Waals surface area contributed by atoms with Gasteiger partial charge in [0.2, 0.25) is 0 Å². The van der Waals surface area contributed by atoms with Gasteiger partial charge in [0.15, 0.2) is 0 Å². The van der Waals surface area contributed by atoms with E-state index < -0.39 is 17.8 Å². The maximum absolute atomic E-state index is 11.7. The van der Waals surface area contributed by atoms with Gasteiger partial charge < -0.3 is 15.2 Å². The quantitative estimate of drug-likeness (QED) is 0.698. The van der Waals surface area contributed by atoms with Gasteiger partial charge in [-0.15, -0.1) is 0 Å². The second-order valence-electron chi connectivity index (χ2n) is 5.37. The van der Waals surface area contributed by atoms with Gasteiger partial charge in [-0.25, -0.2) is 14.5 Å². The first-order chi connectivity index (χ1) is 8.78. The van der Waals surface area contributed by atoms with Crippen LogP contribution >= 0.6 is 0 Å². The molecule has 0 spiro atoms. The second-order valence-corrected chi connectivity index (χ2v) is 5.37. The molecule has 0 rings (SSSR count). The Morgan fingerprint density at radius 2 is 1.79 bits per heavy atom. The summed E-state index contributed by atoms with van der Waals surface area (Å²) >= 11 is 0. The molecule has 19 heavy (non-hydrogen) atoms. The predicted molar refractivity (Wildman–Crippen MR) is 73.4 cm³/mol. The maximum Gasteiger partial charge on any atom is 0.419 e. The lowest BCUT2D eigenvalue weighted by Gasteiger charge is -2.24. The number of imide groups is 1. The summed E-state index contributed by atoms with van der Waals surface area (Å²) in [4.78, 5) is 23.4. The zero-order valence-corrected chi connectivity index (χ0v) is 12.4. The summed E-state index contributed by atoms with van der Waals surface area (Å²) < 4.78 is 5.04. The van der Waals surface area contributed by atoms with Crippen LogP contribution in [-0.4, -0.2) is 47.4 Å². The molecule has 0 saturated heterocycles. The number of ether oxygens (including phenoxy) is 1. The molecule has 0 heterocycles. The maximum atomic E-state index is 11.7. The van der Waals surface area contributed by atoms with Crippen molar-refractivity contribution in [2.75, 3.05) is 19.6 Å². The van der Waals surface area contributed by atoms with Gasteiger partial charge in [-0.2, -0.15) is 0 Å². The fourth-order valence-electron chi connectivity index (χ4n) is 1.37. The predicted octanol–water partition coefficient (Wildman–Crippen LogP) is 2.68. The number of unbranched alkanes of at least 4 members (excludes halogenated alkanes) is 1. The first-order valence-corrected chi connectivity index (χ1v) is 6.72. The van der Waals surface area contributed by atoms with Gasteiger partial charge in [-0.1, -0.05) is 13.3 Å². The lowest BCUT2D eigenvalue weighted by molar-refractivity contribution is 0.0268. The summed E-state index contributed by atoms with van der Waals surface area (Å²) in [5, 5.41) is 12.2. The second kappa shape index (κ2) is 8.74. The lowest BCUT2D eigenvalue weighted by Crippen LogP contribution is -2.41. The van der Waals surface area contributed by atoms with E-state index in [1.807, 2.05) is 0 Å². The zero-order valence-electron chi connectivity index (χ0n) is 12.4. The highest BCUT2D eigenvalue weighted by Crippen LogP contribution is 2.10. The molecule has 0 aromatic heterocycles. The monoisotopic (exact) mass is 274 g/mol. The third-order valence-corrected chi connectivity index (χ3v) is 2.29. The average molecular weight is 274 g/mol. The third-order valence-electron chi connectivity index (χ3n) is 2.29. The molecule has 0 unspecified atom stereocenters. The van der Waals surface area contributed by atoms with Crippen molar-refractivity contribution in [3.63, 3.8) is 0 Å². The standard InChI is InChI=1S/C13H26N2O4/c1-5-6-8-14-9-7-10-15(11(16)17)12(18)19-13(2,3)4/h14H,5-10H2,1-4H3,(H,16,17). The molecule has 0 aliphatic carbocycles. The lowest BCUT2D eigenvalue weighted by atomic mass is 10.2. The van der Waals surface area contributed by atoms with Crippen LogP contribution < -0.4 is 5.32 Å². The fraction of sp³-hybridized carbons (Fsp3) is 0.846. The molecule has 2 N–H and O–H groups in total. The minimum Gasteiger partial charge on any atom is -0.465 e. The Morgan fingerprint density at radius 3 is 2.26 bits per heavy atom. The molecule has 2 amide bonds. The zero-order chi connectivity index (χ0) is 14.9. The smallest absolute Gasteiger partial charge is 0.419 e. The summed E-state index contributed by atoms with van der Waals surface area (Å²) in [6.45, 7) is 8.97. The van der Waals surface area contributed by atoms with Gasteiger partial charge in [0.25, 0.3) is 0 Å². The normalized spacial score (nSPS) is 11.2. The average Bonchev–Trinajstić information content (AvgIpc) is 2.24. The van der Waals surface area contributed by atoms with Gasteiger partial charge in [0.05, 0.1) is 0 Å². The number of carboxylic acid groups (broad SMARTS) is 1. The largest absolute Gasteiger partial charge is 0.465 e. The highest BCUT2D eigenvalue weighted by Gasteiger charge is 2.26. The number of rotatable bonds is 7. The van der Waals surface area contributed by atoms with E-state index in [-0.39, 0.29) is 6.54 Å². The van der Waals surface area contributed by atoms with E-state index in [2.05, 4.69) is 12.2 Å². The fourth-order valence-corrected chi connectivity index (χ4v) is 1.37. The van der Waals surface area contributed by atoms with Crippen LogP contribution in [0.4, 0.5) is 9.59 Å². The van der Waals surface area contributed by atoms with Crippen LogP contribution in [0.5, 0.6) is 0 Å². The van der Waals surface area contributed by atoms with Crippen LogP contribution in [0.3, 0.4) is 0 Å². The number of hydrogen-bond donors (Lipinski definition) is 2. The van der Waals surface area contributed by atoms with Crippen molar-refractivity contribution in [3.8, 4) is 0 Å². The topological polar surface area (TPSA) is 78.9 Å². The van der Waals surface area contributed by atoms with Crippen molar-refractivity contribution in [2.45, 2.75) is 52.6 Å². The molecule has 6 heteroatoms. The minimum absolute atomic E-state index is 0.142. The Balaban J connectivity index is 4.06. The van der Waals surface area contributed by atoms with Gasteiger partial charge >= 0.3 is 12.2 Å². The molecule has 0 bridgehead atoms. The molecule has 112 valence electrons. The van der Waals surface area contributed by atoms with E-state index in [9.17, 15) is 9.59 Å². The first-order valence-electron chi connectivity index (χ1n) is 6.72. The van der Waals surface area contributed by atoms with Crippen LogP contribution in [0, 0.1) is 0 Å². The van der Waals surface area contributed by atoms with E-state index in [1.54, 1.807) is 20.8 Å². The molecule has 0 radical (unpaired) electrons. The minimum atomic E-state index is -1.28. The molecule has 0 aliphatic heterocycles. The van der Waals surface area contributed by atoms with Crippen molar-refractivity contribution in [2.24, 2.45) is 0 Å². The van der Waals surface area contributed by atoms with Gasteiger partial charge in [-0.3, -0.25) is 0 Å². The van der Waals surface area contributed by atoms with Gasteiger partial charge in [-0.05, 0) is 46.7 Å². The van der Waals surface area contributed by atoms with E-state index >= 15 is 0 Å². The summed E-state index contributed by atoms with van der Waals surface area (Å²) in [5.74, 6) is 0. The van der Waals surface area contributed by atoms with Gasteiger partial charge in [0.1, 0.15) is 5.60 Å². The molecule has 0 fully saturated rings. The highest BCUT2D eigenvalue weighted by molar-refractivity contribution is 5.86. The van der Waals surface area contributed by atoms with Crippen molar-refractivity contribution in [1.82, 2.24) is 10.2 Å². The van der Waals surface area contributed by atoms with Crippen molar-refractivity contribution in [3.05, 3.63) is 0 Å². The highest BCUT2D eigenvalue weighted by atomic mass is 16.6. The number of nitrogens with zero attached hydrogens (tertiary/aromatic N) is 1. The molecule has 0 aromatic carbocycles. The van der Waals surface area contributed by atoms with E-state index in [0.29, 0.717) is 17.9 Å². The number of carbonyl (C=O) groups excluding carboxylic acids is 1. The first kappa shape index (κ1) is 17.7. The molecular weight excluding hydrogens is 248 g/mol. The molecule has 6 nitrogen and oxygen atoms in total. The van der Waals surface area contributed by atoms with E-state index in [4.69, 9.17) is 9.84 Å². The molecule has 0 atom stereocenters. The molecule has 0 saturated carbocycles. The summed E-state index contributed by atoms with van der Waals surface area (Å²) in [6.07, 6.45) is 0.701. The Hall–Kier alpha value is -1.30. The third kappa shape index (κ3) is 9.30. The molecule has 0 aromatic rings. The van der Waals surface area contributed by atoms with Crippen LogP contribution in [0.15, 0.2) is 0 Å². The summed E-state index contributed by atoms with van der Waals surface area (Å²) in [5.41, 5.74) is -0.690. The Labute approximate surface area is 115 Å². The number of amides is 2. The Kier molecular flexibility index (Phi) is 8.14. The van der Waals surface area contributed by atoms with Crippen LogP contribution in [0.2, 0.25) is 0 Å². The van der Waals surface area contributed by atoms with E-state index in [0.717, 1.165) is 19.4 Å². The Morgan fingerprint density at radius 1 is 1.21 bits per heavy atom. The van der Waals surface area contributed by atoms with Crippen molar-refractivity contribution in [1.29, 1.82) is 0 Å². The van der Waals surface area contributed by atoms with Crippen LogP contribution in [0.25, 0.3) is 0 Å². The van der Waals surface area contributed by atoms with Gasteiger partial charge in [0, 0.05) is 6.54 Å². The van der Waals surface area contributed by atoms with Crippen LogP contribution in [0.1, 0.15) is 47.0 Å². The Bertz CT molecular complexity index is 287.